The van der Waals surface area contributed by atoms with E-state index in [1.165, 1.54) is 7.11 Å². The van der Waals surface area contributed by atoms with Gasteiger partial charge in [0.15, 0.2) is 0 Å². The summed E-state index contributed by atoms with van der Waals surface area (Å²) in [6, 6.07) is 51.8. The molecule has 6 aromatic carbocycles. The van der Waals surface area contributed by atoms with E-state index in [9.17, 15) is 29.4 Å². The Labute approximate surface area is 583 Å². The van der Waals surface area contributed by atoms with Crippen molar-refractivity contribution in [2.24, 2.45) is 0 Å². The number of hydrogen-bond acceptors (Lipinski definition) is 14. The molecule has 0 saturated carbocycles. The summed E-state index contributed by atoms with van der Waals surface area (Å²) in [5.74, 6) is 3.03. The second kappa shape index (κ2) is 43.3. The molecule has 0 aliphatic carbocycles. The average Bonchev–Trinajstić information content (AvgIpc) is 0.763. The van der Waals surface area contributed by atoms with Crippen molar-refractivity contribution in [1.82, 2.24) is 9.80 Å². The Morgan fingerprint density at radius 3 is 0.979 bits per heavy atom. The number of unbranched alkanes of at least 4 members (excludes halogenated alkanes) is 15. The van der Waals surface area contributed by atoms with E-state index in [4.69, 9.17) is 33.2 Å². The average molecular weight is 1310 g/mol. The molecule has 2 amide bonds. The number of rotatable bonds is 38. The number of piperidine rings is 2. The van der Waals surface area contributed by atoms with E-state index in [0.29, 0.717) is 77.7 Å². The quantitative estimate of drug-likeness (QED) is 0.0121. The molecule has 6 aromatic rings. The van der Waals surface area contributed by atoms with E-state index < -0.39 is 23.4 Å². The van der Waals surface area contributed by atoms with Gasteiger partial charge in [0.25, 0.3) is 0 Å². The molecule has 16 nitrogen and oxygen atoms in total. The van der Waals surface area contributed by atoms with Crippen molar-refractivity contribution < 1.29 is 86.9 Å². The van der Waals surface area contributed by atoms with Crippen LogP contribution in [-0.2, 0) is 44.6 Å². The van der Waals surface area contributed by atoms with Crippen LogP contribution in [-0.4, -0.2) is 136 Å². The van der Waals surface area contributed by atoms with Crippen molar-refractivity contribution in [2.75, 3.05) is 61.9 Å². The van der Waals surface area contributed by atoms with Crippen LogP contribution in [0.5, 0.6) is 23.0 Å². The Bertz CT molecular complexity index is 3020. The first-order valence-electron chi connectivity index (χ1n) is 34.3. The molecule has 3 N–H and O–H groups in total. The number of carbonyl (C=O) groups excluding carboxylic acids is 4. The SMILES string of the molecule is COC(=O)CCCCCCCCCCC(=O)N1C[C@H](O)CC[C@@H]1COC(c1ccccc1)(c1ccc(OC)cc1)c1ccc(OC)cc1.COc1ccc(C(OC[C@H]2CC[C@@H](O)CN2C(=O)CCCCCCCCCC[C-]=O)(c2ccccc2)c2ccc(OC)cc2)cc1.[Li+].[OH-]. The van der Waals surface area contributed by atoms with Crippen LogP contribution >= 0.6 is 0 Å². The molecule has 0 unspecified atom stereocenters. The molecule has 17 heteroatoms. The van der Waals surface area contributed by atoms with Crippen molar-refractivity contribution in [3.63, 3.8) is 0 Å². The molecule has 0 radical (unpaired) electrons. The molecule has 2 fully saturated rings. The van der Waals surface area contributed by atoms with Crippen molar-refractivity contribution >= 4 is 24.1 Å². The normalized spacial score (nSPS) is 16.2. The Kier molecular flexibility index (Phi) is 36.0. The van der Waals surface area contributed by atoms with E-state index in [1.54, 1.807) is 28.4 Å². The molecule has 2 aliphatic rings. The van der Waals surface area contributed by atoms with Gasteiger partial charge < -0.3 is 63.4 Å². The summed E-state index contributed by atoms with van der Waals surface area (Å²) >= 11 is 0. The summed E-state index contributed by atoms with van der Waals surface area (Å²) in [5, 5.41) is 21.2. The second-order valence-electron chi connectivity index (χ2n) is 24.9. The number of β-amino-alcohol motifs (C(OH)–C–C–N with tert-alkyl or cyclic N) is 2. The van der Waals surface area contributed by atoms with Crippen LogP contribution in [0.3, 0.4) is 0 Å². The van der Waals surface area contributed by atoms with Crippen LogP contribution in [0.25, 0.3) is 0 Å². The number of esters is 1. The number of aliphatic hydroxyl groups excluding tert-OH is 2. The summed E-state index contributed by atoms with van der Waals surface area (Å²) in [6.45, 7) is 1.27. The number of likely N-dealkylation sites (tertiary alicyclic amines) is 2. The fourth-order valence-electron chi connectivity index (χ4n) is 13.1. The van der Waals surface area contributed by atoms with Crippen molar-refractivity contribution in [2.45, 2.75) is 190 Å². The first kappa shape index (κ1) is 79.7. The molecule has 2 aliphatic heterocycles. The van der Waals surface area contributed by atoms with E-state index >= 15 is 0 Å². The largest absolute Gasteiger partial charge is 1.00 e. The van der Waals surface area contributed by atoms with Gasteiger partial charge in [0.1, 0.15) is 34.2 Å². The standard InChI is InChI=1S/C40H53NO7.C39H50NO6.Li.H2O/c1-45-36-25-19-32(20-26-36)40(31-15-11-10-12-16-31,33-21-27-37(46-2)28-22-33)48-30-34-23-24-35(42)29-41(34)38(43)17-13-8-6-4-5-7-9-14-18-39(44)47-3;1-44-36-24-18-32(19-25-36)39(31-15-11-10-12-16-31,33-20-26-37(45-2)27-21-33)46-30-34-22-23-35(42)29-40(34)38(43)17-13-8-6-4-3-5-7-9-14-28-41;;/h10-12,15-16,19-22,25-28,34-35,42H,4-9,13-14,17-18,23-24,29-30H2,1-3H3;10-12,15-16,18-21,24-27,34-35,42H,3-9,13-14,17,22-23,29-30H2,1-2H3;;1H2/q;-1;+1;/p-1/t2*34-,35-;;/m11../s1. The second-order valence-corrected chi connectivity index (χ2v) is 24.9. The molecule has 4 atom stereocenters. The third kappa shape index (κ3) is 23.3. The van der Waals surface area contributed by atoms with Crippen LogP contribution in [0.2, 0.25) is 0 Å². The molecule has 0 spiro atoms. The van der Waals surface area contributed by atoms with Crippen LogP contribution < -0.4 is 37.8 Å². The molecular weight excluding hydrogens is 1210 g/mol. The fraction of sp³-hybridized carbons (Fsp3) is 0.494. The minimum atomic E-state index is -0.968. The summed E-state index contributed by atoms with van der Waals surface area (Å²) in [7, 11) is 8.04. The van der Waals surface area contributed by atoms with Crippen molar-refractivity contribution in [1.29, 1.82) is 0 Å². The first-order valence-corrected chi connectivity index (χ1v) is 34.3. The molecule has 8 rings (SSSR count). The Morgan fingerprint density at radius 1 is 0.406 bits per heavy atom. The molecule has 516 valence electrons. The molecule has 2 heterocycles. The van der Waals surface area contributed by atoms with Crippen molar-refractivity contribution in [3.8, 4) is 23.0 Å². The topological polar surface area (TPSA) is 210 Å². The number of benzene rings is 6. The maximum atomic E-state index is 13.6. The predicted octanol–water partition coefficient (Wildman–Crippen LogP) is 11.6. The van der Waals surface area contributed by atoms with Gasteiger partial charge in [0, 0.05) is 32.4 Å². The van der Waals surface area contributed by atoms with Crippen LogP contribution in [0.4, 0.5) is 0 Å². The third-order valence-corrected chi connectivity index (χ3v) is 18.5. The zero-order chi connectivity index (χ0) is 66.8. The number of carbonyl (C=O) groups is 3. The van der Waals surface area contributed by atoms with Gasteiger partial charge in [0.05, 0.1) is 73.1 Å². The minimum absolute atomic E-state index is 0. The molecule has 0 bridgehead atoms. The molecule has 96 heavy (non-hydrogen) atoms. The zero-order valence-corrected chi connectivity index (χ0v) is 57.8. The fourth-order valence-corrected chi connectivity index (χ4v) is 13.1. The van der Waals surface area contributed by atoms with Gasteiger partial charge in [-0.3, -0.25) is 20.7 Å². The van der Waals surface area contributed by atoms with Gasteiger partial charge in [-0.1, -0.05) is 193 Å². The van der Waals surface area contributed by atoms with Gasteiger partial charge >= 0.3 is 24.8 Å². The number of aliphatic hydroxyl groups is 2. The summed E-state index contributed by atoms with van der Waals surface area (Å²) in [6.07, 6.45) is 22.1. The maximum Gasteiger partial charge on any atom is 1.00 e. The molecule has 0 aromatic heterocycles. The number of ether oxygens (including phenoxy) is 7. The summed E-state index contributed by atoms with van der Waals surface area (Å²) in [5.41, 5.74) is 3.79. The van der Waals surface area contributed by atoms with Crippen LogP contribution in [0, 0.1) is 0 Å². The maximum absolute atomic E-state index is 13.6. The van der Waals surface area contributed by atoms with Crippen LogP contribution in [0.1, 0.15) is 187 Å². The van der Waals surface area contributed by atoms with Crippen LogP contribution in [0.15, 0.2) is 158 Å². The molecule has 2 saturated heterocycles. The smallest absolute Gasteiger partial charge is 0.870 e. The Morgan fingerprint density at radius 2 is 0.688 bits per heavy atom. The minimum Gasteiger partial charge on any atom is -0.870 e. The summed E-state index contributed by atoms with van der Waals surface area (Å²) < 4.78 is 40.8. The van der Waals surface area contributed by atoms with Gasteiger partial charge in [0.2, 0.25) is 11.8 Å². The van der Waals surface area contributed by atoms with E-state index in [2.05, 4.69) is 24.3 Å². The van der Waals surface area contributed by atoms with Gasteiger partial charge in [-0.2, -0.15) is 6.42 Å². The van der Waals surface area contributed by atoms with Gasteiger partial charge in [-0.15, -0.1) is 0 Å². The first-order chi connectivity index (χ1) is 45.9. The van der Waals surface area contributed by atoms with Crippen molar-refractivity contribution in [3.05, 3.63) is 191 Å². The number of hydrogen-bond donors (Lipinski definition) is 2. The Hall–Kier alpha value is -7.00. The number of methoxy groups -OCH3 is 5. The Balaban J connectivity index is 0.000000340. The van der Waals surface area contributed by atoms with E-state index in [-0.39, 0.29) is 54.2 Å². The monoisotopic (exact) mass is 1310 g/mol. The third-order valence-electron chi connectivity index (χ3n) is 18.5. The van der Waals surface area contributed by atoms with E-state index in [1.807, 2.05) is 150 Å². The number of nitrogens with zero attached hydrogens (tertiary/aromatic N) is 2. The van der Waals surface area contributed by atoms with Gasteiger partial charge in [-0.05, 0) is 127 Å². The van der Waals surface area contributed by atoms with Gasteiger partial charge in [-0.25, -0.2) is 0 Å². The molecular formula is C79H104LiN2O14-. The number of amides is 2. The zero-order valence-electron chi connectivity index (χ0n) is 57.8. The predicted molar refractivity (Wildman–Crippen MR) is 370 cm³/mol. The van der Waals surface area contributed by atoms with E-state index in [0.717, 1.165) is 159 Å². The summed E-state index contributed by atoms with van der Waals surface area (Å²) in [4.78, 5) is 52.5.